The fourth-order valence-electron chi connectivity index (χ4n) is 3.41. The van der Waals surface area contributed by atoms with Crippen LogP contribution in [-0.4, -0.2) is 22.0 Å². The molecule has 0 aliphatic rings. The molecule has 1 heterocycles. The fraction of sp³-hybridized carbons (Fsp3) is 0.391. The number of aromatic nitrogens is 2. The Balaban J connectivity index is 1.57. The number of benzene rings is 2. The van der Waals surface area contributed by atoms with Crippen molar-refractivity contribution < 1.29 is 4.79 Å². The van der Waals surface area contributed by atoms with Gasteiger partial charge in [0, 0.05) is 30.1 Å². The highest BCUT2D eigenvalue weighted by Gasteiger charge is 2.10. The number of halogens is 1. The van der Waals surface area contributed by atoms with Crippen LogP contribution >= 0.6 is 11.6 Å². The van der Waals surface area contributed by atoms with E-state index in [-0.39, 0.29) is 5.91 Å². The zero-order chi connectivity index (χ0) is 19.8. The molecule has 5 heteroatoms. The van der Waals surface area contributed by atoms with E-state index in [1.807, 2.05) is 6.07 Å². The van der Waals surface area contributed by atoms with Gasteiger partial charge in [0.05, 0.1) is 11.0 Å². The van der Waals surface area contributed by atoms with Crippen molar-refractivity contribution >= 4 is 28.5 Å². The minimum absolute atomic E-state index is 0.0651. The average molecular weight is 398 g/mol. The highest BCUT2D eigenvalue weighted by atomic mass is 35.5. The van der Waals surface area contributed by atoms with E-state index >= 15 is 0 Å². The van der Waals surface area contributed by atoms with E-state index in [4.69, 9.17) is 16.6 Å². The second-order valence-corrected chi connectivity index (χ2v) is 7.53. The van der Waals surface area contributed by atoms with E-state index in [0.717, 1.165) is 30.7 Å². The number of hydrogen-bond donors (Lipinski definition) is 1. The van der Waals surface area contributed by atoms with Crippen LogP contribution in [0.2, 0.25) is 5.02 Å². The van der Waals surface area contributed by atoms with Gasteiger partial charge in [-0.1, -0.05) is 49.9 Å². The van der Waals surface area contributed by atoms with Crippen molar-refractivity contribution in [2.45, 2.75) is 52.0 Å². The van der Waals surface area contributed by atoms with Crippen molar-refractivity contribution in [3.8, 4) is 0 Å². The minimum atomic E-state index is -0.0651. The first-order valence-electron chi connectivity index (χ1n) is 10.2. The lowest BCUT2D eigenvalue weighted by molar-refractivity contribution is 0.0953. The van der Waals surface area contributed by atoms with Crippen LogP contribution in [-0.2, 0) is 13.0 Å². The summed E-state index contributed by atoms with van der Waals surface area (Å²) in [6.45, 7) is 3.86. The molecule has 0 saturated carbocycles. The maximum absolute atomic E-state index is 12.2. The number of carbonyl (C=O) groups is 1. The van der Waals surface area contributed by atoms with Crippen molar-refractivity contribution in [3.63, 3.8) is 0 Å². The van der Waals surface area contributed by atoms with Gasteiger partial charge in [-0.3, -0.25) is 4.79 Å². The molecule has 0 bridgehead atoms. The first kappa shape index (κ1) is 20.4. The van der Waals surface area contributed by atoms with Crippen LogP contribution in [0.25, 0.3) is 11.0 Å². The van der Waals surface area contributed by atoms with Crippen LogP contribution in [0.1, 0.15) is 55.2 Å². The number of unbranched alkanes of at least 4 members (excludes halogenated alkanes) is 3. The Morgan fingerprint density at radius 2 is 1.82 bits per heavy atom. The summed E-state index contributed by atoms with van der Waals surface area (Å²) in [7, 11) is 0. The third-order valence-corrected chi connectivity index (χ3v) is 5.19. The van der Waals surface area contributed by atoms with Gasteiger partial charge in [-0.2, -0.15) is 0 Å². The SMILES string of the molecule is CCCCCCn1c(CCCNC(=O)c2ccc(Cl)cc2)nc2ccccc21. The number of nitrogens with zero attached hydrogens (tertiary/aromatic N) is 2. The molecule has 28 heavy (non-hydrogen) atoms. The van der Waals surface area contributed by atoms with Gasteiger partial charge < -0.3 is 9.88 Å². The number of aryl methyl sites for hydroxylation is 2. The monoisotopic (exact) mass is 397 g/mol. The molecule has 1 amide bonds. The molecule has 4 nitrogen and oxygen atoms in total. The number of hydrogen-bond acceptors (Lipinski definition) is 2. The number of para-hydroxylation sites is 2. The second-order valence-electron chi connectivity index (χ2n) is 7.10. The maximum atomic E-state index is 12.2. The Bertz CT molecular complexity index is 902. The third kappa shape index (κ3) is 5.35. The maximum Gasteiger partial charge on any atom is 0.251 e. The Morgan fingerprint density at radius 1 is 1.04 bits per heavy atom. The van der Waals surface area contributed by atoms with E-state index in [2.05, 4.69) is 35.0 Å². The van der Waals surface area contributed by atoms with Crippen LogP contribution in [0.4, 0.5) is 0 Å². The number of rotatable bonds is 10. The summed E-state index contributed by atoms with van der Waals surface area (Å²) in [4.78, 5) is 17.0. The Labute approximate surface area is 171 Å². The Morgan fingerprint density at radius 3 is 2.61 bits per heavy atom. The summed E-state index contributed by atoms with van der Waals surface area (Å²) in [5.74, 6) is 1.04. The highest BCUT2D eigenvalue weighted by Crippen LogP contribution is 2.18. The minimum Gasteiger partial charge on any atom is -0.352 e. The largest absolute Gasteiger partial charge is 0.352 e. The van der Waals surface area contributed by atoms with Gasteiger partial charge in [-0.15, -0.1) is 0 Å². The molecule has 0 spiro atoms. The Kier molecular flexibility index (Phi) is 7.49. The van der Waals surface area contributed by atoms with Crippen LogP contribution in [0, 0.1) is 0 Å². The van der Waals surface area contributed by atoms with E-state index < -0.39 is 0 Å². The van der Waals surface area contributed by atoms with Gasteiger partial charge in [-0.05, 0) is 49.2 Å². The normalized spacial score (nSPS) is 11.1. The predicted molar refractivity (Wildman–Crippen MR) is 116 cm³/mol. The number of fused-ring (bicyclic) bond motifs is 1. The van der Waals surface area contributed by atoms with Crippen molar-refractivity contribution in [2.75, 3.05) is 6.54 Å². The molecular weight excluding hydrogens is 370 g/mol. The molecule has 0 fully saturated rings. The molecule has 0 aliphatic carbocycles. The molecule has 3 aromatic rings. The van der Waals surface area contributed by atoms with Crippen molar-refractivity contribution in [1.82, 2.24) is 14.9 Å². The second kappa shape index (κ2) is 10.3. The van der Waals surface area contributed by atoms with Crippen molar-refractivity contribution in [3.05, 3.63) is 64.9 Å². The van der Waals surface area contributed by atoms with Crippen LogP contribution in [0.5, 0.6) is 0 Å². The molecule has 148 valence electrons. The summed E-state index contributed by atoms with van der Waals surface area (Å²) in [6.07, 6.45) is 6.65. The van der Waals surface area contributed by atoms with Crippen LogP contribution < -0.4 is 5.32 Å². The lowest BCUT2D eigenvalue weighted by atomic mass is 10.2. The van der Waals surface area contributed by atoms with Gasteiger partial charge in [-0.25, -0.2) is 4.98 Å². The van der Waals surface area contributed by atoms with Crippen LogP contribution in [0.15, 0.2) is 48.5 Å². The summed E-state index contributed by atoms with van der Waals surface area (Å²) in [6, 6.07) is 15.3. The average Bonchev–Trinajstić information content (AvgIpc) is 3.06. The molecule has 2 aromatic carbocycles. The molecule has 1 aromatic heterocycles. The van der Waals surface area contributed by atoms with Crippen molar-refractivity contribution in [1.29, 1.82) is 0 Å². The van der Waals surface area contributed by atoms with Gasteiger partial charge in [0.2, 0.25) is 0 Å². The van der Waals surface area contributed by atoms with Gasteiger partial charge in [0.1, 0.15) is 5.82 Å². The number of amides is 1. The lowest BCUT2D eigenvalue weighted by Crippen LogP contribution is -2.25. The van der Waals surface area contributed by atoms with Gasteiger partial charge in [0.25, 0.3) is 5.91 Å². The summed E-state index contributed by atoms with van der Waals surface area (Å²) >= 11 is 5.87. The predicted octanol–water partition coefficient (Wildman–Crippen LogP) is 5.63. The topological polar surface area (TPSA) is 46.9 Å². The zero-order valence-electron chi connectivity index (χ0n) is 16.5. The van der Waals surface area contributed by atoms with E-state index in [9.17, 15) is 4.79 Å². The quantitative estimate of drug-likeness (QED) is 0.450. The molecular formula is C23H28ClN3O. The highest BCUT2D eigenvalue weighted by molar-refractivity contribution is 6.30. The fourth-order valence-corrected chi connectivity index (χ4v) is 3.54. The summed E-state index contributed by atoms with van der Waals surface area (Å²) in [5, 5.41) is 3.62. The van der Waals surface area contributed by atoms with Gasteiger partial charge >= 0.3 is 0 Å². The molecule has 0 atom stereocenters. The zero-order valence-corrected chi connectivity index (χ0v) is 17.2. The Hall–Kier alpha value is -2.33. The number of imidazole rings is 1. The van der Waals surface area contributed by atoms with E-state index in [0.29, 0.717) is 17.1 Å². The first-order chi connectivity index (χ1) is 13.7. The van der Waals surface area contributed by atoms with Crippen LogP contribution in [0.3, 0.4) is 0 Å². The summed E-state index contributed by atoms with van der Waals surface area (Å²) in [5.41, 5.74) is 2.89. The number of nitrogens with one attached hydrogen (secondary N) is 1. The molecule has 0 radical (unpaired) electrons. The standard InChI is InChI=1S/C23H28ClN3O/c1-2-3-4-7-17-27-21-10-6-5-9-20(21)26-22(27)11-8-16-25-23(28)18-12-14-19(24)15-13-18/h5-6,9-10,12-15H,2-4,7-8,11,16-17H2,1H3,(H,25,28). The molecule has 0 unspecified atom stereocenters. The van der Waals surface area contributed by atoms with E-state index in [1.165, 1.54) is 31.2 Å². The van der Waals surface area contributed by atoms with Crippen molar-refractivity contribution in [2.24, 2.45) is 0 Å². The smallest absolute Gasteiger partial charge is 0.251 e. The van der Waals surface area contributed by atoms with Gasteiger partial charge in [0.15, 0.2) is 0 Å². The van der Waals surface area contributed by atoms with E-state index in [1.54, 1.807) is 24.3 Å². The molecule has 0 saturated heterocycles. The summed E-state index contributed by atoms with van der Waals surface area (Å²) < 4.78 is 2.35. The number of carbonyl (C=O) groups excluding carboxylic acids is 1. The molecule has 1 N–H and O–H groups in total. The third-order valence-electron chi connectivity index (χ3n) is 4.94. The lowest BCUT2D eigenvalue weighted by Gasteiger charge is -2.10. The molecule has 3 rings (SSSR count). The first-order valence-corrected chi connectivity index (χ1v) is 10.5. The molecule has 0 aliphatic heterocycles.